The molecule has 2 aromatic heterocycles. The van der Waals surface area contributed by atoms with Gasteiger partial charge in [0.25, 0.3) is 5.56 Å². The summed E-state index contributed by atoms with van der Waals surface area (Å²) >= 11 is 0. The van der Waals surface area contributed by atoms with E-state index in [1.807, 2.05) is 18.2 Å². The standard InChI is InChI=1S/C16H14N2O2/c1-10(19)14-15(11-6-8-17-9-7-11)12-4-2-3-5-13(12)18-16(14)20/h4-9H,2-3H2,1H3,(H,18,20). The third-order valence-corrected chi connectivity index (χ3v) is 3.47. The van der Waals surface area contributed by atoms with E-state index in [0.717, 1.165) is 34.5 Å². The molecule has 0 amide bonds. The molecule has 0 atom stereocenters. The second kappa shape index (κ2) is 4.89. The van der Waals surface area contributed by atoms with E-state index in [0.29, 0.717) is 0 Å². The van der Waals surface area contributed by atoms with Gasteiger partial charge in [-0.05, 0) is 37.5 Å². The Morgan fingerprint density at radius 2 is 1.90 bits per heavy atom. The van der Waals surface area contributed by atoms with Crippen molar-refractivity contribution in [3.63, 3.8) is 0 Å². The minimum Gasteiger partial charge on any atom is -0.322 e. The smallest absolute Gasteiger partial charge is 0.259 e. The highest BCUT2D eigenvalue weighted by molar-refractivity contribution is 6.00. The maximum Gasteiger partial charge on any atom is 0.259 e. The van der Waals surface area contributed by atoms with Gasteiger partial charge >= 0.3 is 0 Å². The van der Waals surface area contributed by atoms with Crippen molar-refractivity contribution in [3.05, 3.63) is 51.0 Å². The summed E-state index contributed by atoms with van der Waals surface area (Å²) in [4.78, 5) is 30.9. The van der Waals surface area contributed by atoms with Crippen molar-refractivity contribution in [3.8, 4) is 11.1 Å². The fourth-order valence-electron chi connectivity index (χ4n) is 2.62. The Bertz CT molecular complexity index is 849. The molecule has 2 aromatic rings. The Morgan fingerprint density at radius 3 is 2.60 bits per heavy atom. The SMILES string of the molecule is CC(=O)c1c(-c2ccncc2)c2c([nH]c1=O)=CCCC=2. The van der Waals surface area contributed by atoms with E-state index in [1.165, 1.54) is 6.92 Å². The predicted molar refractivity (Wildman–Crippen MR) is 77.7 cm³/mol. The summed E-state index contributed by atoms with van der Waals surface area (Å²) in [6.45, 7) is 1.42. The fourth-order valence-corrected chi connectivity index (χ4v) is 2.62. The van der Waals surface area contributed by atoms with Crippen LogP contribution >= 0.6 is 0 Å². The zero-order chi connectivity index (χ0) is 14.1. The van der Waals surface area contributed by atoms with Gasteiger partial charge in [0, 0.05) is 28.5 Å². The number of carbonyl (C=O) groups is 1. The van der Waals surface area contributed by atoms with Crippen LogP contribution in [0.5, 0.6) is 0 Å². The summed E-state index contributed by atoms with van der Waals surface area (Å²) in [6.07, 6.45) is 9.23. The lowest BCUT2D eigenvalue weighted by atomic mass is 9.95. The molecule has 0 unspecified atom stereocenters. The van der Waals surface area contributed by atoms with Crippen molar-refractivity contribution >= 4 is 17.9 Å². The molecule has 0 spiro atoms. The molecule has 0 fully saturated rings. The van der Waals surface area contributed by atoms with Gasteiger partial charge in [0.2, 0.25) is 0 Å². The third-order valence-electron chi connectivity index (χ3n) is 3.47. The van der Waals surface area contributed by atoms with Gasteiger partial charge in [-0.25, -0.2) is 0 Å². The molecule has 1 aliphatic carbocycles. The average molecular weight is 266 g/mol. The second-order valence-corrected chi connectivity index (χ2v) is 4.81. The number of pyridine rings is 2. The minimum absolute atomic E-state index is 0.222. The number of hydrogen-bond acceptors (Lipinski definition) is 3. The van der Waals surface area contributed by atoms with Gasteiger partial charge in [0.05, 0.1) is 5.56 Å². The largest absolute Gasteiger partial charge is 0.322 e. The van der Waals surface area contributed by atoms with Crippen molar-refractivity contribution in [2.24, 2.45) is 0 Å². The molecule has 100 valence electrons. The highest BCUT2D eigenvalue weighted by Gasteiger charge is 2.16. The van der Waals surface area contributed by atoms with Gasteiger partial charge in [0.1, 0.15) is 0 Å². The van der Waals surface area contributed by atoms with E-state index in [2.05, 4.69) is 16.0 Å². The zero-order valence-corrected chi connectivity index (χ0v) is 11.1. The number of ketones is 1. The van der Waals surface area contributed by atoms with E-state index >= 15 is 0 Å². The van der Waals surface area contributed by atoms with E-state index in [9.17, 15) is 9.59 Å². The van der Waals surface area contributed by atoms with Crippen molar-refractivity contribution < 1.29 is 4.79 Å². The van der Waals surface area contributed by atoms with Crippen LogP contribution in [-0.4, -0.2) is 15.8 Å². The van der Waals surface area contributed by atoms with E-state index in [4.69, 9.17) is 0 Å². The van der Waals surface area contributed by atoms with Crippen LogP contribution in [0, 0.1) is 0 Å². The summed E-state index contributed by atoms with van der Waals surface area (Å²) in [5.41, 5.74) is 1.46. The number of aromatic nitrogens is 2. The maximum absolute atomic E-state index is 12.2. The van der Waals surface area contributed by atoms with Gasteiger partial charge in [0.15, 0.2) is 5.78 Å². The number of H-pyrrole nitrogens is 1. The second-order valence-electron chi connectivity index (χ2n) is 4.81. The van der Waals surface area contributed by atoms with Crippen LogP contribution < -0.4 is 16.1 Å². The molecule has 0 radical (unpaired) electrons. The van der Waals surface area contributed by atoms with Crippen molar-refractivity contribution in [2.45, 2.75) is 19.8 Å². The lowest BCUT2D eigenvalue weighted by Crippen LogP contribution is -2.40. The normalized spacial score (nSPS) is 13.1. The Morgan fingerprint density at radius 1 is 1.20 bits per heavy atom. The number of nitrogens with zero attached hydrogens (tertiary/aromatic N) is 1. The molecule has 2 heterocycles. The molecule has 4 nitrogen and oxygen atoms in total. The van der Waals surface area contributed by atoms with Gasteiger partial charge in [-0.2, -0.15) is 0 Å². The lowest BCUT2D eigenvalue weighted by Gasteiger charge is -2.11. The van der Waals surface area contributed by atoms with Crippen LogP contribution in [0.25, 0.3) is 23.3 Å². The first-order valence-electron chi connectivity index (χ1n) is 6.56. The minimum atomic E-state index is -0.324. The molecule has 0 aliphatic heterocycles. The van der Waals surface area contributed by atoms with Crippen molar-refractivity contribution in [2.75, 3.05) is 0 Å². The predicted octanol–water partition coefficient (Wildman–Crippen LogP) is 0.994. The number of rotatable bonds is 2. The fraction of sp³-hybridized carbons (Fsp3) is 0.188. The molecular weight excluding hydrogens is 252 g/mol. The Kier molecular flexibility index (Phi) is 3.06. The molecule has 4 heteroatoms. The van der Waals surface area contributed by atoms with Crippen molar-refractivity contribution in [1.29, 1.82) is 0 Å². The van der Waals surface area contributed by atoms with Crippen molar-refractivity contribution in [1.82, 2.24) is 9.97 Å². The number of carbonyl (C=O) groups excluding carboxylic acids is 1. The van der Waals surface area contributed by atoms with Crippen LogP contribution in [0.1, 0.15) is 30.1 Å². The van der Waals surface area contributed by atoms with Crippen LogP contribution in [0.15, 0.2) is 29.3 Å². The van der Waals surface area contributed by atoms with Gasteiger partial charge in [-0.1, -0.05) is 12.2 Å². The number of aromatic amines is 1. The monoisotopic (exact) mass is 266 g/mol. The molecule has 0 bridgehead atoms. The zero-order valence-electron chi connectivity index (χ0n) is 11.1. The summed E-state index contributed by atoms with van der Waals surface area (Å²) in [7, 11) is 0. The summed E-state index contributed by atoms with van der Waals surface area (Å²) in [5, 5.41) is 1.74. The van der Waals surface area contributed by atoms with Crippen LogP contribution in [-0.2, 0) is 0 Å². The van der Waals surface area contributed by atoms with Gasteiger partial charge in [-0.15, -0.1) is 0 Å². The summed E-state index contributed by atoms with van der Waals surface area (Å²) in [6, 6.07) is 3.65. The van der Waals surface area contributed by atoms with Gasteiger partial charge in [-0.3, -0.25) is 14.6 Å². The number of nitrogens with one attached hydrogen (secondary N) is 1. The highest BCUT2D eigenvalue weighted by atomic mass is 16.1. The topological polar surface area (TPSA) is 62.8 Å². The Labute approximate surface area is 115 Å². The molecule has 1 aliphatic rings. The molecular formula is C16H14N2O2. The number of Topliss-reactive ketones (excluding diaryl/α,β-unsaturated/α-hetero) is 1. The molecule has 0 saturated carbocycles. The summed E-state index contributed by atoms with van der Waals surface area (Å²) < 4.78 is 0. The molecule has 20 heavy (non-hydrogen) atoms. The van der Waals surface area contributed by atoms with E-state index < -0.39 is 0 Å². The number of fused-ring (bicyclic) bond motifs is 1. The Hall–Kier alpha value is -2.49. The highest BCUT2D eigenvalue weighted by Crippen LogP contribution is 2.17. The van der Waals surface area contributed by atoms with E-state index in [-0.39, 0.29) is 16.9 Å². The van der Waals surface area contributed by atoms with Crippen LogP contribution in [0.2, 0.25) is 0 Å². The molecule has 3 rings (SSSR count). The van der Waals surface area contributed by atoms with Crippen LogP contribution in [0.4, 0.5) is 0 Å². The molecule has 0 saturated heterocycles. The Balaban J connectivity index is 2.51. The van der Waals surface area contributed by atoms with Crippen LogP contribution in [0.3, 0.4) is 0 Å². The first kappa shape index (κ1) is 12.5. The first-order chi connectivity index (χ1) is 9.68. The molecule has 1 N–H and O–H groups in total. The number of hydrogen-bond donors (Lipinski definition) is 1. The molecule has 0 aromatic carbocycles. The quantitative estimate of drug-likeness (QED) is 0.825. The maximum atomic E-state index is 12.2. The first-order valence-corrected chi connectivity index (χ1v) is 6.56. The lowest BCUT2D eigenvalue weighted by molar-refractivity contribution is 0.101. The summed E-state index contributed by atoms with van der Waals surface area (Å²) in [5.74, 6) is -0.222. The third kappa shape index (κ3) is 1.99. The average Bonchev–Trinajstić information content (AvgIpc) is 2.46. The van der Waals surface area contributed by atoms with Gasteiger partial charge < -0.3 is 4.98 Å². The van der Waals surface area contributed by atoms with E-state index in [1.54, 1.807) is 12.4 Å².